The second kappa shape index (κ2) is 3.14. The van der Waals surface area contributed by atoms with Gasteiger partial charge in [0.2, 0.25) is 0 Å². The zero-order chi connectivity index (χ0) is 8.27. The van der Waals surface area contributed by atoms with Crippen LogP contribution < -0.4 is 5.73 Å². The minimum absolute atomic E-state index is 0.0767. The number of nitrogen functional groups attached to an aromatic ring is 1. The van der Waals surface area contributed by atoms with Gasteiger partial charge in [-0.15, -0.1) is 0 Å². The van der Waals surface area contributed by atoms with E-state index in [1.165, 1.54) is 0 Å². The Labute approximate surface area is 65.8 Å². The summed E-state index contributed by atoms with van der Waals surface area (Å²) < 4.78 is 0. The number of aryl methyl sites for hydroxylation is 1. The molecule has 0 fully saturated rings. The number of hydrogen-bond acceptors (Lipinski definition) is 2. The van der Waals surface area contributed by atoms with E-state index in [-0.39, 0.29) is 5.84 Å². The van der Waals surface area contributed by atoms with Crippen molar-refractivity contribution in [1.29, 1.82) is 5.41 Å². The van der Waals surface area contributed by atoms with Crippen molar-refractivity contribution in [2.45, 2.75) is 13.3 Å². The molecular formula is C8H11N3. The van der Waals surface area contributed by atoms with Gasteiger partial charge in [-0.25, -0.2) is 0 Å². The van der Waals surface area contributed by atoms with Crippen molar-refractivity contribution in [1.82, 2.24) is 4.98 Å². The standard InChI is InChI=1S/C8H11N3/c1-2-6-3-7(8(9)10)5-11-4-6/h3-5H,2H2,1H3,(H3,9,10). The van der Waals surface area contributed by atoms with Gasteiger partial charge in [-0.3, -0.25) is 10.4 Å². The van der Waals surface area contributed by atoms with Gasteiger partial charge in [0, 0.05) is 18.0 Å². The van der Waals surface area contributed by atoms with E-state index in [2.05, 4.69) is 4.98 Å². The monoisotopic (exact) mass is 149 g/mol. The summed E-state index contributed by atoms with van der Waals surface area (Å²) in [6, 6.07) is 1.88. The first-order valence-corrected chi connectivity index (χ1v) is 3.52. The lowest BCUT2D eigenvalue weighted by Gasteiger charge is -1.99. The van der Waals surface area contributed by atoms with Gasteiger partial charge in [-0.1, -0.05) is 6.92 Å². The van der Waals surface area contributed by atoms with E-state index >= 15 is 0 Å². The molecule has 0 saturated carbocycles. The SMILES string of the molecule is CCc1cncc(C(=N)N)c1. The summed E-state index contributed by atoms with van der Waals surface area (Å²) in [5, 5.41) is 7.14. The first-order valence-electron chi connectivity index (χ1n) is 3.52. The van der Waals surface area contributed by atoms with Gasteiger partial charge in [-0.05, 0) is 18.1 Å². The van der Waals surface area contributed by atoms with Gasteiger partial charge in [0.25, 0.3) is 0 Å². The van der Waals surface area contributed by atoms with Gasteiger partial charge >= 0.3 is 0 Å². The first kappa shape index (κ1) is 7.72. The lowest BCUT2D eigenvalue weighted by atomic mass is 10.1. The van der Waals surface area contributed by atoms with E-state index in [1.807, 2.05) is 13.0 Å². The molecule has 0 atom stereocenters. The van der Waals surface area contributed by atoms with Crippen LogP contribution in [0.3, 0.4) is 0 Å². The molecule has 11 heavy (non-hydrogen) atoms. The van der Waals surface area contributed by atoms with Gasteiger partial charge < -0.3 is 5.73 Å². The van der Waals surface area contributed by atoms with Crippen LogP contribution in [0.25, 0.3) is 0 Å². The molecule has 0 aliphatic heterocycles. The summed E-state index contributed by atoms with van der Waals surface area (Å²) in [5.41, 5.74) is 7.09. The molecule has 0 amide bonds. The van der Waals surface area contributed by atoms with Crippen molar-refractivity contribution in [3.8, 4) is 0 Å². The van der Waals surface area contributed by atoms with Crippen LogP contribution in [0.5, 0.6) is 0 Å². The Morgan fingerprint density at radius 1 is 1.64 bits per heavy atom. The molecule has 0 unspecified atom stereocenters. The molecule has 0 saturated heterocycles. The Morgan fingerprint density at radius 3 is 2.91 bits per heavy atom. The van der Waals surface area contributed by atoms with Gasteiger partial charge in [0.05, 0.1) is 0 Å². The van der Waals surface area contributed by atoms with Gasteiger partial charge in [-0.2, -0.15) is 0 Å². The number of nitrogens with two attached hydrogens (primary N) is 1. The second-order valence-electron chi connectivity index (χ2n) is 2.35. The van der Waals surface area contributed by atoms with E-state index in [0.717, 1.165) is 12.0 Å². The third kappa shape index (κ3) is 1.77. The lowest BCUT2D eigenvalue weighted by Crippen LogP contribution is -2.11. The Morgan fingerprint density at radius 2 is 2.36 bits per heavy atom. The summed E-state index contributed by atoms with van der Waals surface area (Å²) in [6.07, 6.45) is 4.31. The van der Waals surface area contributed by atoms with Crippen LogP contribution in [0.15, 0.2) is 18.5 Å². The van der Waals surface area contributed by atoms with Crippen LogP contribution >= 0.6 is 0 Å². The highest BCUT2D eigenvalue weighted by Crippen LogP contribution is 2.01. The molecule has 3 N–H and O–H groups in total. The van der Waals surface area contributed by atoms with Crippen molar-refractivity contribution in [2.75, 3.05) is 0 Å². The van der Waals surface area contributed by atoms with Crippen molar-refractivity contribution >= 4 is 5.84 Å². The quantitative estimate of drug-likeness (QED) is 0.485. The van der Waals surface area contributed by atoms with Crippen molar-refractivity contribution in [2.24, 2.45) is 5.73 Å². The normalized spacial score (nSPS) is 9.55. The maximum atomic E-state index is 7.14. The first-order chi connectivity index (χ1) is 5.24. The predicted molar refractivity (Wildman–Crippen MR) is 44.6 cm³/mol. The third-order valence-corrected chi connectivity index (χ3v) is 1.51. The summed E-state index contributed by atoms with van der Waals surface area (Å²) >= 11 is 0. The topological polar surface area (TPSA) is 62.8 Å². The predicted octanol–water partition coefficient (Wildman–Crippen LogP) is 0.928. The summed E-state index contributed by atoms with van der Waals surface area (Å²) in [4.78, 5) is 3.96. The van der Waals surface area contributed by atoms with Gasteiger partial charge in [0.15, 0.2) is 0 Å². The number of nitrogens with zero attached hydrogens (tertiary/aromatic N) is 1. The van der Waals surface area contributed by atoms with Crippen LogP contribution in [-0.2, 0) is 6.42 Å². The molecule has 1 heterocycles. The van der Waals surface area contributed by atoms with Crippen LogP contribution in [0, 0.1) is 5.41 Å². The summed E-state index contributed by atoms with van der Waals surface area (Å²) in [7, 11) is 0. The van der Waals surface area contributed by atoms with Gasteiger partial charge in [0.1, 0.15) is 5.84 Å². The maximum absolute atomic E-state index is 7.14. The van der Waals surface area contributed by atoms with Crippen molar-refractivity contribution in [3.05, 3.63) is 29.6 Å². The smallest absolute Gasteiger partial charge is 0.124 e. The third-order valence-electron chi connectivity index (χ3n) is 1.51. The van der Waals surface area contributed by atoms with E-state index in [4.69, 9.17) is 11.1 Å². The fourth-order valence-electron chi connectivity index (χ4n) is 0.828. The van der Waals surface area contributed by atoms with E-state index < -0.39 is 0 Å². The highest BCUT2D eigenvalue weighted by molar-refractivity contribution is 5.94. The number of hydrogen-bond donors (Lipinski definition) is 2. The molecular weight excluding hydrogens is 138 g/mol. The molecule has 1 aromatic heterocycles. The molecule has 1 aromatic rings. The maximum Gasteiger partial charge on any atom is 0.124 e. The highest BCUT2D eigenvalue weighted by Gasteiger charge is 1.96. The highest BCUT2D eigenvalue weighted by atomic mass is 14.7. The zero-order valence-corrected chi connectivity index (χ0v) is 6.46. The van der Waals surface area contributed by atoms with Crippen LogP contribution in [0.1, 0.15) is 18.1 Å². The average molecular weight is 149 g/mol. The summed E-state index contributed by atoms with van der Waals surface area (Å²) in [6.45, 7) is 2.04. The molecule has 58 valence electrons. The fourth-order valence-corrected chi connectivity index (χ4v) is 0.828. The Kier molecular flexibility index (Phi) is 2.21. The molecule has 0 radical (unpaired) electrons. The van der Waals surface area contributed by atoms with Crippen molar-refractivity contribution in [3.63, 3.8) is 0 Å². The van der Waals surface area contributed by atoms with E-state index in [0.29, 0.717) is 5.56 Å². The number of nitrogens with one attached hydrogen (secondary N) is 1. The largest absolute Gasteiger partial charge is 0.384 e. The molecule has 0 bridgehead atoms. The fraction of sp³-hybridized carbons (Fsp3) is 0.250. The number of pyridine rings is 1. The molecule has 1 rings (SSSR count). The Balaban J connectivity index is 3.01. The minimum Gasteiger partial charge on any atom is -0.384 e. The molecule has 0 aliphatic rings. The van der Waals surface area contributed by atoms with Crippen molar-refractivity contribution < 1.29 is 0 Å². The summed E-state index contributed by atoms with van der Waals surface area (Å²) in [5.74, 6) is 0.0767. The van der Waals surface area contributed by atoms with E-state index in [1.54, 1.807) is 12.4 Å². The number of rotatable bonds is 2. The number of aromatic nitrogens is 1. The Bertz CT molecular complexity index is 268. The number of amidine groups is 1. The Hall–Kier alpha value is -1.38. The second-order valence-corrected chi connectivity index (χ2v) is 2.35. The zero-order valence-electron chi connectivity index (χ0n) is 6.46. The van der Waals surface area contributed by atoms with Crippen LogP contribution in [0.4, 0.5) is 0 Å². The minimum atomic E-state index is 0.0767. The molecule has 3 heteroatoms. The lowest BCUT2D eigenvalue weighted by molar-refractivity contribution is 1.10. The molecule has 0 aliphatic carbocycles. The molecule has 0 aromatic carbocycles. The molecule has 0 spiro atoms. The molecule has 3 nitrogen and oxygen atoms in total. The van der Waals surface area contributed by atoms with Crippen LogP contribution in [0.2, 0.25) is 0 Å². The van der Waals surface area contributed by atoms with E-state index in [9.17, 15) is 0 Å². The van der Waals surface area contributed by atoms with Crippen LogP contribution in [-0.4, -0.2) is 10.8 Å². The average Bonchev–Trinajstić information content (AvgIpc) is 2.05.